The van der Waals surface area contributed by atoms with E-state index < -0.39 is 0 Å². The number of anilines is 1. The van der Waals surface area contributed by atoms with Crippen LogP contribution in [-0.4, -0.2) is 17.4 Å². The second-order valence-electron chi connectivity index (χ2n) is 4.96. The number of nitrogens with two attached hydrogens (primary N) is 1. The summed E-state index contributed by atoms with van der Waals surface area (Å²) in [7, 11) is 0. The maximum atomic E-state index is 12.9. The molecule has 0 radical (unpaired) electrons. The minimum Gasteiger partial charge on any atom is -0.399 e. The molecule has 0 spiro atoms. The standard InChI is InChI=1S/C17H19FN2O/c1-2-20(12-14-4-3-5-16(19)10-14)17(21)11-13-6-8-15(18)9-7-13/h3-10H,2,11-12,19H2,1H3. The van der Waals surface area contributed by atoms with Gasteiger partial charge in [-0.3, -0.25) is 4.79 Å². The minimum atomic E-state index is -0.293. The van der Waals surface area contributed by atoms with E-state index in [1.807, 2.05) is 31.2 Å². The number of hydrogen-bond donors (Lipinski definition) is 1. The van der Waals surface area contributed by atoms with Crippen molar-refractivity contribution in [3.63, 3.8) is 0 Å². The summed E-state index contributed by atoms with van der Waals surface area (Å²) in [6, 6.07) is 13.5. The molecule has 2 rings (SSSR count). The summed E-state index contributed by atoms with van der Waals surface area (Å²) in [6.07, 6.45) is 0.274. The van der Waals surface area contributed by atoms with Gasteiger partial charge in [-0.05, 0) is 42.3 Å². The van der Waals surface area contributed by atoms with Gasteiger partial charge in [0, 0.05) is 18.8 Å². The zero-order chi connectivity index (χ0) is 15.2. The average Bonchev–Trinajstić information content (AvgIpc) is 2.47. The third-order valence-corrected chi connectivity index (χ3v) is 3.33. The number of halogens is 1. The summed E-state index contributed by atoms with van der Waals surface area (Å²) in [6.45, 7) is 3.09. The Morgan fingerprint density at radius 3 is 2.48 bits per heavy atom. The van der Waals surface area contributed by atoms with Crippen molar-refractivity contribution in [2.24, 2.45) is 0 Å². The Morgan fingerprint density at radius 1 is 1.14 bits per heavy atom. The Bertz CT molecular complexity index is 610. The lowest BCUT2D eigenvalue weighted by Crippen LogP contribution is -2.31. The molecular formula is C17H19FN2O. The number of hydrogen-bond acceptors (Lipinski definition) is 2. The maximum Gasteiger partial charge on any atom is 0.227 e. The molecule has 0 aliphatic carbocycles. The number of nitrogens with zero attached hydrogens (tertiary/aromatic N) is 1. The van der Waals surface area contributed by atoms with Crippen molar-refractivity contribution in [3.05, 3.63) is 65.5 Å². The van der Waals surface area contributed by atoms with Crippen molar-refractivity contribution in [2.75, 3.05) is 12.3 Å². The molecule has 110 valence electrons. The number of nitrogen functional groups attached to an aromatic ring is 1. The van der Waals surface area contributed by atoms with Gasteiger partial charge in [0.05, 0.1) is 6.42 Å². The fourth-order valence-electron chi connectivity index (χ4n) is 2.18. The molecule has 4 heteroatoms. The van der Waals surface area contributed by atoms with Crippen molar-refractivity contribution in [3.8, 4) is 0 Å². The molecule has 0 aromatic heterocycles. The van der Waals surface area contributed by atoms with Gasteiger partial charge in [0.2, 0.25) is 5.91 Å². The van der Waals surface area contributed by atoms with Crippen LogP contribution in [0.5, 0.6) is 0 Å². The van der Waals surface area contributed by atoms with Crippen molar-refractivity contribution < 1.29 is 9.18 Å². The molecule has 0 saturated heterocycles. The maximum absolute atomic E-state index is 12.9. The van der Waals surface area contributed by atoms with Gasteiger partial charge in [-0.25, -0.2) is 4.39 Å². The van der Waals surface area contributed by atoms with Crippen LogP contribution in [-0.2, 0) is 17.8 Å². The lowest BCUT2D eigenvalue weighted by atomic mass is 10.1. The summed E-state index contributed by atoms with van der Waals surface area (Å²) in [4.78, 5) is 14.1. The summed E-state index contributed by atoms with van der Waals surface area (Å²) < 4.78 is 12.9. The number of carbonyl (C=O) groups is 1. The van der Waals surface area contributed by atoms with Crippen LogP contribution in [0.15, 0.2) is 48.5 Å². The molecule has 0 unspecified atom stereocenters. The second-order valence-corrected chi connectivity index (χ2v) is 4.96. The van der Waals surface area contributed by atoms with Crippen molar-refractivity contribution in [2.45, 2.75) is 19.9 Å². The van der Waals surface area contributed by atoms with E-state index in [0.717, 1.165) is 11.1 Å². The van der Waals surface area contributed by atoms with Crippen LogP contribution in [0, 0.1) is 5.82 Å². The monoisotopic (exact) mass is 286 g/mol. The van der Waals surface area contributed by atoms with Crippen molar-refractivity contribution in [1.29, 1.82) is 0 Å². The molecule has 0 saturated carbocycles. The topological polar surface area (TPSA) is 46.3 Å². The first-order valence-corrected chi connectivity index (χ1v) is 6.95. The fourth-order valence-corrected chi connectivity index (χ4v) is 2.18. The Labute approximate surface area is 124 Å². The van der Waals surface area contributed by atoms with Gasteiger partial charge in [-0.15, -0.1) is 0 Å². The second kappa shape index (κ2) is 6.88. The summed E-state index contributed by atoms with van der Waals surface area (Å²) in [5, 5.41) is 0. The predicted molar refractivity (Wildman–Crippen MR) is 82.0 cm³/mol. The molecule has 0 bridgehead atoms. The van der Waals surface area contributed by atoms with Crippen LogP contribution in [0.3, 0.4) is 0 Å². The van der Waals surface area contributed by atoms with Gasteiger partial charge < -0.3 is 10.6 Å². The largest absolute Gasteiger partial charge is 0.399 e. The highest BCUT2D eigenvalue weighted by Gasteiger charge is 2.13. The number of likely N-dealkylation sites (N-methyl/N-ethyl adjacent to an activating group) is 1. The van der Waals surface area contributed by atoms with E-state index in [-0.39, 0.29) is 18.1 Å². The molecule has 3 nitrogen and oxygen atoms in total. The first-order valence-electron chi connectivity index (χ1n) is 6.95. The lowest BCUT2D eigenvalue weighted by molar-refractivity contribution is -0.130. The van der Waals surface area contributed by atoms with Gasteiger partial charge in [0.1, 0.15) is 5.82 Å². The van der Waals surface area contributed by atoms with E-state index in [1.165, 1.54) is 12.1 Å². The van der Waals surface area contributed by atoms with Gasteiger partial charge >= 0.3 is 0 Å². The molecule has 21 heavy (non-hydrogen) atoms. The highest BCUT2D eigenvalue weighted by molar-refractivity contribution is 5.78. The highest BCUT2D eigenvalue weighted by Crippen LogP contribution is 2.11. The van der Waals surface area contributed by atoms with Gasteiger partial charge in [0.25, 0.3) is 0 Å². The SMILES string of the molecule is CCN(Cc1cccc(N)c1)C(=O)Cc1ccc(F)cc1. The van der Waals surface area contributed by atoms with E-state index >= 15 is 0 Å². The molecule has 0 heterocycles. The summed E-state index contributed by atoms with van der Waals surface area (Å²) in [5.74, 6) is -0.273. The van der Waals surface area contributed by atoms with Crippen molar-refractivity contribution in [1.82, 2.24) is 4.90 Å². The minimum absolute atomic E-state index is 0.0199. The average molecular weight is 286 g/mol. The fraction of sp³-hybridized carbons (Fsp3) is 0.235. The van der Waals surface area contributed by atoms with Crippen LogP contribution < -0.4 is 5.73 Å². The first kappa shape index (κ1) is 15.0. The third-order valence-electron chi connectivity index (χ3n) is 3.33. The Kier molecular flexibility index (Phi) is 4.93. The number of amides is 1. The predicted octanol–water partition coefficient (Wildman–Crippen LogP) is 3.00. The molecule has 2 aromatic carbocycles. The van der Waals surface area contributed by atoms with Crippen LogP contribution >= 0.6 is 0 Å². The van der Waals surface area contributed by atoms with Gasteiger partial charge in [0.15, 0.2) is 0 Å². The van der Waals surface area contributed by atoms with Crippen molar-refractivity contribution >= 4 is 11.6 Å². The quantitative estimate of drug-likeness (QED) is 0.859. The lowest BCUT2D eigenvalue weighted by Gasteiger charge is -2.21. The number of rotatable bonds is 5. The van der Waals surface area contributed by atoms with E-state index in [9.17, 15) is 9.18 Å². The Morgan fingerprint density at radius 2 is 1.86 bits per heavy atom. The van der Waals surface area contributed by atoms with Crippen LogP contribution in [0.2, 0.25) is 0 Å². The highest BCUT2D eigenvalue weighted by atomic mass is 19.1. The molecule has 2 N–H and O–H groups in total. The van der Waals surface area contributed by atoms with Crippen LogP contribution in [0.25, 0.3) is 0 Å². The molecule has 0 fully saturated rings. The Hall–Kier alpha value is -2.36. The molecule has 1 amide bonds. The summed E-state index contributed by atoms with van der Waals surface area (Å²) >= 11 is 0. The molecule has 0 aliphatic heterocycles. The smallest absolute Gasteiger partial charge is 0.227 e. The van der Waals surface area contributed by atoms with Crippen LogP contribution in [0.4, 0.5) is 10.1 Å². The zero-order valence-corrected chi connectivity index (χ0v) is 12.1. The van der Waals surface area contributed by atoms with E-state index in [2.05, 4.69) is 0 Å². The molecule has 0 atom stereocenters. The molecule has 2 aromatic rings. The number of carbonyl (C=O) groups excluding carboxylic acids is 1. The Balaban J connectivity index is 2.03. The molecular weight excluding hydrogens is 267 g/mol. The molecule has 0 aliphatic rings. The van der Waals surface area contributed by atoms with E-state index in [1.54, 1.807) is 17.0 Å². The number of benzene rings is 2. The zero-order valence-electron chi connectivity index (χ0n) is 12.1. The van der Waals surface area contributed by atoms with E-state index in [4.69, 9.17) is 5.73 Å². The van der Waals surface area contributed by atoms with Gasteiger partial charge in [-0.2, -0.15) is 0 Å². The van der Waals surface area contributed by atoms with E-state index in [0.29, 0.717) is 18.8 Å². The first-order chi connectivity index (χ1) is 10.1. The van der Waals surface area contributed by atoms with Gasteiger partial charge in [-0.1, -0.05) is 24.3 Å². The summed E-state index contributed by atoms with van der Waals surface area (Å²) in [5.41, 5.74) is 8.26. The van der Waals surface area contributed by atoms with Crippen LogP contribution in [0.1, 0.15) is 18.1 Å². The normalized spacial score (nSPS) is 10.4. The third kappa shape index (κ3) is 4.31.